The van der Waals surface area contributed by atoms with Gasteiger partial charge < -0.3 is 33.5 Å². The van der Waals surface area contributed by atoms with Crippen LogP contribution in [0.3, 0.4) is 0 Å². The Kier molecular flexibility index (Phi) is 9.68. The van der Waals surface area contributed by atoms with E-state index in [0.29, 0.717) is 19.0 Å². The average molecular weight is 358 g/mol. The largest absolute Gasteiger partial charge is 0.493 e. The number of aliphatic hydroxyl groups is 1. The number of methoxy groups -OCH3 is 3. The summed E-state index contributed by atoms with van der Waals surface area (Å²) in [5.41, 5.74) is 0.225. The standard InChI is InChI=1S/C17H26O8/c1-5-23-17(19)14(18)12-6-7-13(22-4)16(25-11-9-21-3)15(12)24-10-8-20-2/h6-7,14,18H,5,8-11H2,1-4H3. The van der Waals surface area contributed by atoms with Gasteiger partial charge in [0.1, 0.15) is 13.2 Å². The topological polar surface area (TPSA) is 92.7 Å². The molecule has 0 amide bonds. The molecule has 0 aliphatic heterocycles. The van der Waals surface area contributed by atoms with Crippen LogP contribution in [0.15, 0.2) is 12.1 Å². The molecule has 1 unspecified atom stereocenters. The summed E-state index contributed by atoms with van der Waals surface area (Å²) in [4.78, 5) is 11.9. The first kappa shape index (κ1) is 21.0. The van der Waals surface area contributed by atoms with E-state index in [0.717, 1.165) is 0 Å². The fraction of sp³-hybridized carbons (Fsp3) is 0.588. The second kappa shape index (κ2) is 11.5. The number of ether oxygens (including phenoxy) is 6. The number of aliphatic hydroxyl groups excluding tert-OH is 1. The lowest BCUT2D eigenvalue weighted by molar-refractivity contribution is -0.153. The third-order valence-corrected chi connectivity index (χ3v) is 3.20. The molecule has 1 aromatic carbocycles. The Balaban J connectivity index is 3.23. The van der Waals surface area contributed by atoms with Crippen LogP contribution in [0.5, 0.6) is 17.2 Å². The van der Waals surface area contributed by atoms with Gasteiger partial charge >= 0.3 is 5.97 Å². The molecule has 0 saturated carbocycles. The second-order valence-electron chi connectivity index (χ2n) is 4.85. The van der Waals surface area contributed by atoms with Crippen molar-refractivity contribution < 1.29 is 38.3 Å². The van der Waals surface area contributed by atoms with Gasteiger partial charge in [-0.3, -0.25) is 0 Å². The van der Waals surface area contributed by atoms with E-state index in [1.807, 2.05) is 0 Å². The second-order valence-corrected chi connectivity index (χ2v) is 4.85. The smallest absolute Gasteiger partial charge is 0.339 e. The predicted molar refractivity (Wildman–Crippen MR) is 89.3 cm³/mol. The molecule has 1 atom stereocenters. The van der Waals surface area contributed by atoms with Gasteiger partial charge in [-0.2, -0.15) is 0 Å². The van der Waals surface area contributed by atoms with Crippen molar-refractivity contribution in [3.05, 3.63) is 17.7 Å². The van der Waals surface area contributed by atoms with Crippen molar-refractivity contribution in [2.75, 3.05) is 54.4 Å². The molecule has 0 spiro atoms. The van der Waals surface area contributed by atoms with E-state index >= 15 is 0 Å². The zero-order valence-electron chi connectivity index (χ0n) is 15.1. The fourth-order valence-electron chi connectivity index (χ4n) is 2.02. The minimum atomic E-state index is -1.51. The van der Waals surface area contributed by atoms with Crippen LogP contribution in [0.1, 0.15) is 18.6 Å². The molecule has 0 heterocycles. The maximum absolute atomic E-state index is 11.9. The number of benzene rings is 1. The first-order valence-electron chi connectivity index (χ1n) is 7.89. The van der Waals surface area contributed by atoms with Gasteiger partial charge in [-0.15, -0.1) is 0 Å². The van der Waals surface area contributed by atoms with Crippen LogP contribution in [0.4, 0.5) is 0 Å². The van der Waals surface area contributed by atoms with E-state index in [9.17, 15) is 9.90 Å². The summed E-state index contributed by atoms with van der Waals surface area (Å²) in [6.07, 6.45) is -1.51. The van der Waals surface area contributed by atoms with Crippen LogP contribution >= 0.6 is 0 Å². The number of hydrogen-bond acceptors (Lipinski definition) is 8. The van der Waals surface area contributed by atoms with Gasteiger partial charge in [-0.05, 0) is 19.1 Å². The molecule has 1 N–H and O–H groups in total. The van der Waals surface area contributed by atoms with E-state index < -0.39 is 12.1 Å². The van der Waals surface area contributed by atoms with Gasteiger partial charge in [0.2, 0.25) is 5.75 Å². The summed E-state index contributed by atoms with van der Waals surface area (Å²) in [5, 5.41) is 10.3. The van der Waals surface area contributed by atoms with E-state index in [1.165, 1.54) is 13.2 Å². The van der Waals surface area contributed by atoms with Crippen LogP contribution in [0, 0.1) is 0 Å². The van der Waals surface area contributed by atoms with Gasteiger partial charge in [0.25, 0.3) is 0 Å². The van der Waals surface area contributed by atoms with Crippen molar-refractivity contribution in [3.63, 3.8) is 0 Å². The number of hydrogen-bond donors (Lipinski definition) is 1. The van der Waals surface area contributed by atoms with Gasteiger partial charge in [-0.25, -0.2) is 4.79 Å². The summed E-state index contributed by atoms with van der Waals surface area (Å²) in [7, 11) is 4.58. The summed E-state index contributed by atoms with van der Waals surface area (Å²) >= 11 is 0. The molecule has 0 fully saturated rings. The third-order valence-electron chi connectivity index (χ3n) is 3.20. The van der Waals surface area contributed by atoms with Crippen molar-refractivity contribution in [1.82, 2.24) is 0 Å². The van der Waals surface area contributed by atoms with Crippen LogP contribution in [0.2, 0.25) is 0 Å². The van der Waals surface area contributed by atoms with E-state index in [2.05, 4.69) is 0 Å². The molecular weight excluding hydrogens is 332 g/mol. The predicted octanol–water partition coefficient (Wildman–Crippen LogP) is 1.34. The monoisotopic (exact) mass is 358 g/mol. The first-order chi connectivity index (χ1) is 12.1. The fourth-order valence-corrected chi connectivity index (χ4v) is 2.02. The molecule has 1 aromatic rings. The molecule has 0 aromatic heterocycles. The highest BCUT2D eigenvalue weighted by Crippen LogP contribution is 2.42. The number of esters is 1. The average Bonchev–Trinajstić information content (AvgIpc) is 2.62. The van der Waals surface area contributed by atoms with Gasteiger partial charge in [-0.1, -0.05) is 0 Å². The van der Waals surface area contributed by atoms with E-state index in [1.54, 1.807) is 27.2 Å². The van der Waals surface area contributed by atoms with Crippen molar-refractivity contribution in [2.24, 2.45) is 0 Å². The SMILES string of the molecule is CCOC(=O)C(O)c1ccc(OC)c(OCCOC)c1OCCOC. The van der Waals surface area contributed by atoms with Crippen molar-refractivity contribution in [2.45, 2.75) is 13.0 Å². The lowest BCUT2D eigenvalue weighted by atomic mass is 10.1. The van der Waals surface area contributed by atoms with Gasteiger partial charge in [0, 0.05) is 19.8 Å². The molecule has 8 nitrogen and oxygen atoms in total. The molecule has 8 heteroatoms. The quantitative estimate of drug-likeness (QED) is 0.442. The lowest BCUT2D eigenvalue weighted by Crippen LogP contribution is -2.18. The number of carbonyl (C=O) groups is 1. The first-order valence-corrected chi connectivity index (χ1v) is 7.89. The maximum atomic E-state index is 11.9. The Bertz CT molecular complexity index is 532. The molecule has 0 saturated heterocycles. The highest BCUT2D eigenvalue weighted by Gasteiger charge is 2.27. The Morgan fingerprint density at radius 2 is 1.60 bits per heavy atom. The van der Waals surface area contributed by atoms with E-state index in [-0.39, 0.29) is 36.9 Å². The molecular formula is C17H26O8. The molecule has 0 bridgehead atoms. The summed E-state index contributed by atoms with van der Waals surface area (Å²) in [5.74, 6) is 0.111. The van der Waals surface area contributed by atoms with Gasteiger partial charge in [0.15, 0.2) is 17.6 Å². The minimum absolute atomic E-state index is 0.156. The number of carbonyl (C=O) groups excluding carboxylic acids is 1. The van der Waals surface area contributed by atoms with Crippen LogP contribution in [0.25, 0.3) is 0 Å². The minimum Gasteiger partial charge on any atom is -0.493 e. The highest BCUT2D eigenvalue weighted by atomic mass is 16.6. The Morgan fingerprint density at radius 1 is 1.00 bits per heavy atom. The Labute approximate surface area is 147 Å². The molecule has 0 radical (unpaired) electrons. The van der Waals surface area contributed by atoms with Crippen molar-refractivity contribution in [1.29, 1.82) is 0 Å². The molecule has 0 aliphatic rings. The zero-order chi connectivity index (χ0) is 18.7. The molecule has 25 heavy (non-hydrogen) atoms. The summed E-state index contributed by atoms with van der Waals surface area (Å²) in [6.45, 7) is 2.94. The summed E-state index contributed by atoms with van der Waals surface area (Å²) in [6, 6.07) is 3.12. The number of rotatable bonds is 12. The molecule has 142 valence electrons. The highest BCUT2D eigenvalue weighted by molar-refractivity contribution is 5.78. The Morgan fingerprint density at radius 3 is 2.12 bits per heavy atom. The van der Waals surface area contributed by atoms with E-state index in [4.69, 9.17) is 28.4 Å². The maximum Gasteiger partial charge on any atom is 0.339 e. The van der Waals surface area contributed by atoms with Crippen LogP contribution < -0.4 is 14.2 Å². The Hall–Kier alpha value is -2.03. The summed E-state index contributed by atoms with van der Waals surface area (Å²) < 4.78 is 31.5. The molecule has 1 rings (SSSR count). The van der Waals surface area contributed by atoms with Gasteiger partial charge in [0.05, 0.1) is 26.9 Å². The normalized spacial score (nSPS) is 11.7. The molecule has 0 aliphatic carbocycles. The van der Waals surface area contributed by atoms with Crippen molar-refractivity contribution >= 4 is 5.97 Å². The zero-order valence-corrected chi connectivity index (χ0v) is 15.1. The lowest BCUT2D eigenvalue weighted by Gasteiger charge is -2.20. The van der Waals surface area contributed by atoms with Crippen LogP contribution in [-0.2, 0) is 19.0 Å². The third kappa shape index (κ3) is 6.08. The van der Waals surface area contributed by atoms with Crippen molar-refractivity contribution in [3.8, 4) is 17.2 Å². The van der Waals surface area contributed by atoms with Crippen LogP contribution in [-0.4, -0.2) is 65.4 Å².